The fourth-order valence-electron chi connectivity index (χ4n) is 8.54. The molecule has 0 aromatic carbocycles. The molecule has 31 heavy (non-hydrogen) atoms. The van der Waals surface area contributed by atoms with E-state index in [1.165, 1.54) is 51.4 Å². The highest BCUT2D eigenvalue weighted by molar-refractivity contribution is 5.93. The number of rotatable bonds is 3. The van der Waals surface area contributed by atoms with Gasteiger partial charge in [0.05, 0.1) is 11.2 Å². The van der Waals surface area contributed by atoms with Crippen LogP contribution in [0.3, 0.4) is 0 Å². The summed E-state index contributed by atoms with van der Waals surface area (Å²) in [5.74, 6) is 4.72. The Balaban J connectivity index is 1.27. The Morgan fingerprint density at radius 1 is 1.10 bits per heavy atom. The first-order chi connectivity index (χ1) is 14.9. The molecule has 0 aliphatic heterocycles. The predicted octanol–water partition coefficient (Wildman–Crippen LogP) is 5.22. The molecule has 4 saturated carbocycles. The molecule has 4 heteroatoms. The van der Waals surface area contributed by atoms with Crippen LogP contribution in [0.4, 0.5) is 0 Å². The summed E-state index contributed by atoms with van der Waals surface area (Å²) in [5.41, 5.74) is 0.587. The third-order valence-electron chi connectivity index (χ3n) is 10.1. The van der Waals surface area contributed by atoms with E-state index in [2.05, 4.69) is 24.1 Å². The number of aliphatic hydroxyl groups is 1. The van der Waals surface area contributed by atoms with Crippen LogP contribution in [0.5, 0.6) is 0 Å². The number of carbonyl (C=O) groups excluding carboxylic acids is 1. The number of nitrogens with one attached hydrogen (secondary N) is 1. The maximum Gasteiger partial charge on any atom is 0.252 e. The summed E-state index contributed by atoms with van der Waals surface area (Å²) in [4.78, 5) is 16.7. The van der Waals surface area contributed by atoms with Crippen molar-refractivity contribution in [2.24, 2.45) is 40.9 Å². The van der Waals surface area contributed by atoms with Crippen LogP contribution in [0.1, 0.15) is 88.4 Å². The van der Waals surface area contributed by atoms with Crippen molar-refractivity contribution in [3.8, 4) is 0 Å². The van der Waals surface area contributed by atoms with Gasteiger partial charge < -0.3 is 10.4 Å². The van der Waals surface area contributed by atoms with Crippen molar-refractivity contribution in [3.63, 3.8) is 0 Å². The van der Waals surface area contributed by atoms with E-state index in [-0.39, 0.29) is 5.91 Å². The number of nitrogens with zero attached hydrogens (tertiary/aromatic N) is 1. The topological polar surface area (TPSA) is 62.2 Å². The third-order valence-corrected chi connectivity index (χ3v) is 10.1. The molecule has 2 N–H and O–H groups in total. The molecule has 0 bridgehead atoms. The van der Waals surface area contributed by atoms with Crippen LogP contribution in [0.15, 0.2) is 24.5 Å². The van der Waals surface area contributed by atoms with Gasteiger partial charge in [-0.05, 0) is 118 Å². The lowest BCUT2D eigenvalue weighted by atomic mass is 9.45. The molecule has 5 rings (SSSR count). The van der Waals surface area contributed by atoms with Gasteiger partial charge in [-0.1, -0.05) is 13.3 Å². The monoisotopic (exact) mass is 424 g/mol. The maximum absolute atomic E-state index is 12.6. The maximum atomic E-state index is 12.6. The number of amides is 1. The molecular weight excluding hydrogens is 384 g/mol. The van der Waals surface area contributed by atoms with Crippen molar-refractivity contribution in [1.82, 2.24) is 10.3 Å². The van der Waals surface area contributed by atoms with Crippen molar-refractivity contribution in [2.45, 2.75) is 83.7 Å². The van der Waals surface area contributed by atoms with E-state index in [0.717, 1.165) is 49.0 Å². The number of hydrogen-bond donors (Lipinski definition) is 2. The molecule has 4 nitrogen and oxygen atoms in total. The Morgan fingerprint density at radius 3 is 2.74 bits per heavy atom. The van der Waals surface area contributed by atoms with Crippen LogP contribution < -0.4 is 5.32 Å². The molecule has 4 fully saturated rings. The van der Waals surface area contributed by atoms with Crippen molar-refractivity contribution < 1.29 is 9.90 Å². The van der Waals surface area contributed by atoms with Crippen LogP contribution >= 0.6 is 0 Å². The standard InChI is InChI=1S/C27H40N2O2/c1-26(31)12-10-21-18(15-26)8-9-23-22(21)11-13-27(2)20(6-3-7-24(23)27)17-29-25(30)19-5-4-14-28-16-19/h4-5,14,16,18,20-24,31H,3,6-13,15,17H2,1-2H3,(H,29,30)/t18-,20-,21+,22-,23-,24+,26-,27-/m1/s1. The second-order valence-corrected chi connectivity index (χ2v) is 11.8. The lowest BCUT2D eigenvalue weighted by Crippen LogP contribution is -2.55. The highest BCUT2D eigenvalue weighted by Gasteiger charge is 2.55. The number of hydrogen-bond acceptors (Lipinski definition) is 3. The summed E-state index contributed by atoms with van der Waals surface area (Å²) in [6.45, 7) is 5.40. The smallest absolute Gasteiger partial charge is 0.252 e. The van der Waals surface area contributed by atoms with Gasteiger partial charge in [0.15, 0.2) is 0 Å². The fraction of sp³-hybridized carbons (Fsp3) is 0.778. The summed E-state index contributed by atoms with van der Waals surface area (Å²) < 4.78 is 0. The summed E-state index contributed by atoms with van der Waals surface area (Å²) in [6.07, 6.45) is 15.9. The minimum atomic E-state index is -0.431. The van der Waals surface area contributed by atoms with Gasteiger partial charge in [-0.2, -0.15) is 0 Å². The lowest BCUT2D eigenvalue weighted by Gasteiger charge is -2.61. The van der Waals surface area contributed by atoms with Gasteiger partial charge in [0.25, 0.3) is 5.91 Å². The number of fused-ring (bicyclic) bond motifs is 5. The summed E-state index contributed by atoms with van der Waals surface area (Å²) in [7, 11) is 0. The predicted molar refractivity (Wildman–Crippen MR) is 122 cm³/mol. The highest BCUT2D eigenvalue weighted by Crippen LogP contribution is 2.63. The van der Waals surface area contributed by atoms with Crippen LogP contribution in [-0.4, -0.2) is 28.1 Å². The van der Waals surface area contributed by atoms with Crippen molar-refractivity contribution in [1.29, 1.82) is 0 Å². The van der Waals surface area contributed by atoms with Crippen LogP contribution in [0.2, 0.25) is 0 Å². The molecule has 8 atom stereocenters. The molecule has 170 valence electrons. The Labute approximate surface area is 187 Å². The average molecular weight is 425 g/mol. The van der Waals surface area contributed by atoms with E-state index in [1.54, 1.807) is 12.4 Å². The second kappa shape index (κ2) is 8.17. The normalized spacial score (nSPS) is 44.5. The van der Waals surface area contributed by atoms with Crippen LogP contribution in [0, 0.1) is 40.9 Å². The SMILES string of the molecule is C[C@@]1(O)CC[C@H]2[C@H](CC[C@@H]3[C@@H]2CC[C@]2(C)[C@@H](CNC(=O)c4cccnc4)CCC[C@@H]32)C1. The molecule has 1 aromatic rings. The molecule has 1 heterocycles. The minimum Gasteiger partial charge on any atom is -0.390 e. The van der Waals surface area contributed by atoms with E-state index in [9.17, 15) is 9.90 Å². The molecular formula is C27H40N2O2. The third kappa shape index (κ3) is 3.94. The molecule has 0 unspecified atom stereocenters. The quantitative estimate of drug-likeness (QED) is 0.699. The van der Waals surface area contributed by atoms with Gasteiger partial charge in [-0.3, -0.25) is 9.78 Å². The van der Waals surface area contributed by atoms with Gasteiger partial charge in [-0.15, -0.1) is 0 Å². The van der Waals surface area contributed by atoms with Crippen molar-refractivity contribution in [3.05, 3.63) is 30.1 Å². The van der Waals surface area contributed by atoms with Gasteiger partial charge in [-0.25, -0.2) is 0 Å². The zero-order chi connectivity index (χ0) is 21.6. The van der Waals surface area contributed by atoms with Gasteiger partial charge in [0.2, 0.25) is 0 Å². The van der Waals surface area contributed by atoms with Crippen LogP contribution in [0.25, 0.3) is 0 Å². The van der Waals surface area contributed by atoms with E-state index in [0.29, 0.717) is 16.9 Å². The first-order valence-corrected chi connectivity index (χ1v) is 12.8. The zero-order valence-corrected chi connectivity index (χ0v) is 19.4. The zero-order valence-electron chi connectivity index (χ0n) is 19.4. The fourth-order valence-corrected chi connectivity index (χ4v) is 8.54. The van der Waals surface area contributed by atoms with Gasteiger partial charge in [0.1, 0.15) is 0 Å². The van der Waals surface area contributed by atoms with Crippen molar-refractivity contribution >= 4 is 5.91 Å². The molecule has 0 radical (unpaired) electrons. The summed E-state index contributed by atoms with van der Waals surface area (Å²) >= 11 is 0. The molecule has 1 amide bonds. The number of aromatic nitrogens is 1. The molecule has 0 saturated heterocycles. The lowest BCUT2D eigenvalue weighted by molar-refractivity contribution is -0.125. The Kier molecular flexibility index (Phi) is 5.65. The minimum absolute atomic E-state index is 0.0160. The second-order valence-electron chi connectivity index (χ2n) is 11.8. The largest absolute Gasteiger partial charge is 0.390 e. The Morgan fingerprint density at radius 2 is 1.94 bits per heavy atom. The number of carbonyl (C=O) groups is 1. The average Bonchev–Trinajstić information content (AvgIpc) is 2.76. The van der Waals surface area contributed by atoms with Gasteiger partial charge >= 0.3 is 0 Å². The Bertz CT molecular complexity index is 794. The molecule has 0 spiro atoms. The molecule has 4 aliphatic carbocycles. The molecule has 4 aliphatic rings. The number of pyridine rings is 1. The summed E-state index contributed by atoms with van der Waals surface area (Å²) in [5, 5.41) is 13.9. The molecule has 1 aromatic heterocycles. The Hall–Kier alpha value is -1.42. The highest BCUT2D eigenvalue weighted by atomic mass is 16.3. The van der Waals surface area contributed by atoms with E-state index in [4.69, 9.17) is 0 Å². The van der Waals surface area contributed by atoms with Gasteiger partial charge in [0, 0.05) is 18.9 Å². The van der Waals surface area contributed by atoms with E-state index >= 15 is 0 Å². The first-order valence-electron chi connectivity index (χ1n) is 12.8. The van der Waals surface area contributed by atoms with Crippen molar-refractivity contribution in [2.75, 3.05) is 6.54 Å². The van der Waals surface area contributed by atoms with E-state index < -0.39 is 5.60 Å². The first kappa shape index (κ1) is 21.4. The summed E-state index contributed by atoms with van der Waals surface area (Å²) in [6, 6.07) is 3.67. The van der Waals surface area contributed by atoms with E-state index in [1.807, 2.05) is 12.1 Å². The van der Waals surface area contributed by atoms with Crippen LogP contribution in [-0.2, 0) is 0 Å².